The van der Waals surface area contributed by atoms with Crippen molar-refractivity contribution in [2.45, 2.75) is 19.8 Å². The molecule has 0 saturated carbocycles. The molecule has 0 aliphatic rings. The van der Waals surface area contributed by atoms with Gasteiger partial charge in [-0.05, 0) is 12.5 Å². The van der Waals surface area contributed by atoms with Crippen LogP contribution in [-0.2, 0) is 0 Å². The van der Waals surface area contributed by atoms with Gasteiger partial charge in [-0.2, -0.15) is 4.98 Å². The summed E-state index contributed by atoms with van der Waals surface area (Å²) in [5.41, 5.74) is 6.50. The van der Waals surface area contributed by atoms with E-state index in [0.717, 1.165) is 5.56 Å². The summed E-state index contributed by atoms with van der Waals surface area (Å²) in [5, 5.41) is 3.82. The number of aryl methyl sites for hydroxylation is 1. The molecule has 0 saturated heterocycles. The summed E-state index contributed by atoms with van der Waals surface area (Å²) in [7, 11) is 0. The molecule has 1 atom stereocenters. The number of hydrogen-bond donors (Lipinski definition) is 1. The van der Waals surface area contributed by atoms with Crippen molar-refractivity contribution in [1.82, 2.24) is 20.1 Å². The van der Waals surface area contributed by atoms with Crippen LogP contribution in [0.15, 0.2) is 16.9 Å². The van der Waals surface area contributed by atoms with Crippen LogP contribution in [0.4, 0.5) is 0 Å². The van der Waals surface area contributed by atoms with Gasteiger partial charge in [0.1, 0.15) is 0 Å². The number of hydrogen-bond acceptors (Lipinski definition) is 6. The second kappa shape index (κ2) is 4.36. The third-order valence-corrected chi connectivity index (χ3v) is 2.20. The van der Waals surface area contributed by atoms with Crippen LogP contribution >= 0.6 is 0 Å². The Labute approximate surface area is 92.9 Å². The predicted molar refractivity (Wildman–Crippen MR) is 57.5 cm³/mol. The summed E-state index contributed by atoms with van der Waals surface area (Å²) in [5.74, 6) is 1.42. The standard InChI is InChI=1S/C10H13N5O/c1-6-4-12-8(13-5-6)9-14-10(16-15-9)7(2)3-11/h4-5,7H,3,11H2,1-2H3. The van der Waals surface area contributed by atoms with Crippen LogP contribution in [-0.4, -0.2) is 26.7 Å². The van der Waals surface area contributed by atoms with Crippen molar-refractivity contribution in [3.63, 3.8) is 0 Å². The quantitative estimate of drug-likeness (QED) is 0.824. The van der Waals surface area contributed by atoms with Crippen LogP contribution in [0.5, 0.6) is 0 Å². The number of nitrogens with zero attached hydrogens (tertiary/aromatic N) is 4. The van der Waals surface area contributed by atoms with Crippen molar-refractivity contribution in [2.75, 3.05) is 6.54 Å². The Balaban J connectivity index is 2.28. The number of rotatable bonds is 3. The van der Waals surface area contributed by atoms with Crippen molar-refractivity contribution in [2.24, 2.45) is 5.73 Å². The van der Waals surface area contributed by atoms with E-state index in [1.807, 2.05) is 13.8 Å². The van der Waals surface area contributed by atoms with E-state index in [-0.39, 0.29) is 5.92 Å². The maximum absolute atomic E-state index is 5.51. The molecule has 84 valence electrons. The average Bonchev–Trinajstić information content (AvgIpc) is 2.78. The third-order valence-electron chi connectivity index (χ3n) is 2.20. The zero-order valence-corrected chi connectivity index (χ0v) is 9.21. The minimum Gasteiger partial charge on any atom is -0.339 e. The second-order valence-corrected chi connectivity index (χ2v) is 3.68. The molecule has 6 nitrogen and oxygen atoms in total. The molecule has 2 N–H and O–H groups in total. The minimum atomic E-state index is 0.0479. The highest BCUT2D eigenvalue weighted by atomic mass is 16.5. The predicted octanol–water partition coefficient (Wildman–Crippen LogP) is 0.897. The summed E-state index contributed by atoms with van der Waals surface area (Å²) in [6.07, 6.45) is 3.43. The van der Waals surface area contributed by atoms with Crippen LogP contribution in [0.3, 0.4) is 0 Å². The molecule has 2 aromatic rings. The van der Waals surface area contributed by atoms with Crippen LogP contribution in [0.1, 0.15) is 24.3 Å². The fourth-order valence-electron chi connectivity index (χ4n) is 1.14. The van der Waals surface area contributed by atoms with E-state index in [2.05, 4.69) is 20.1 Å². The van der Waals surface area contributed by atoms with E-state index in [9.17, 15) is 0 Å². The largest absolute Gasteiger partial charge is 0.339 e. The summed E-state index contributed by atoms with van der Waals surface area (Å²) in [6.45, 7) is 4.31. The van der Waals surface area contributed by atoms with E-state index < -0.39 is 0 Å². The molecule has 2 heterocycles. The molecule has 1 unspecified atom stereocenters. The van der Waals surface area contributed by atoms with Crippen LogP contribution < -0.4 is 5.73 Å². The molecule has 0 spiro atoms. The molecule has 2 rings (SSSR count). The lowest BCUT2D eigenvalue weighted by molar-refractivity contribution is 0.361. The molecule has 16 heavy (non-hydrogen) atoms. The molecule has 0 aliphatic heterocycles. The Morgan fingerprint density at radius 2 is 2.00 bits per heavy atom. The third kappa shape index (κ3) is 2.06. The van der Waals surface area contributed by atoms with Crippen LogP contribution in [0.25, 0.3) is 11.6 Å². The van der Waals surface area contributed by atoms with Gasteiger partial charge >= 0.3 is 0 Å². The van der Waals surface area contributed by atoms with E-state index in [0.29, 0.717) is 24.1 Å². The van der Waals surface area contributed by atoms with Crippen LogP contribution in [0, 0.1) is 6.92 Å². The van der Waals surface area contributed by atoms with E-state index in [4.69, 9.17) is 10.3 Å². The summed E-state index contributed by atoms with van der Waals surface area (Å²) in [4.78, 5) is 12.4. The first-order chi connectivity index (χ1) is 7.70. The van der Waals surface area contributed by atoms with Gasteiger partial charge in [-0.15, -0.1) is 0 Å². The lowest BCUT2D eigenvalue weighted by atomic mass is 10.2. The van der Waals surface area contributed by atoms with Gasteiger partial charge in [0.2, 0.25) is 17.5 Å². The fourth-order valence-corrected chi connectivity index (χ4v) is 1.14. The summed E-state index contributed by atoms with van der Waals surface area (Å²) < 4.78 is 5.08. The van der Waals surface area contributed by atoms with E-state index in [1.54, 1.807) is 12.4 Å². The topological polar surface area (TPSA) is 90.7 Å². The monoisotopic (exact) mass is 219 g/mol. The highest BCUT2D eigenvalue weighted by molar-refractivity contribution is 5.41. The smallest absolute Gasteiger partial charge is 0.240 e. The Kier molecular flexibility index (Phi) is 2.91. The van der Waals surface area contributed by atoms with Gasteiger partial charge < -0.3 is 10.3 Å². The molecule has 0 bridgehead atoms. The van der Waals surface area contributed by atoms with Crippen LogP contribution in [0.2, 0.25) is 0 Å². The number of aromatic nitrogens is 4. The fraction of sp³-hybridized carbons (Fsp3) is 0.400. The lowest BCUT2D eigenvalue weighted by Crippen LogP contribution is -2.09. The molecule has 0 aromatic carbocycles. The Morgan fingerprint density at radius 1 is 1.31 bits per heavy atom. The van der Waals surface area contributed by atoms with Gasteiger partial charge in [0, 0.05) is 24.9 Å². The molecular weight excluding hydrogens is 206 g/mol. The highest BCUT2D eigenvalue weighted by Gasteiger charge is 2.15. The molecule has 0 amide bonds. The van der Waals surface area contributed by atoms with E-state index in [1.165, 1.54) is 0 Å². The maximum atomic E-state index is 5.51. The first-order valence-corrected chi connectivity index (χ1v) is 5.03. The SMILES string of the molecule is Cc1cnc(-c2noc(C(C)CN)n2)nc1. The van der Waals surface area contributed by atoms with Gasteiger partial charge in [0.15, 0.2) is 0 Å². The molecule has 2 aromatic heterocycles. The van der Waals surface area contributed by atoms with Crippen molar-refractivity contribution in [3.05, 3.63) is 23.8 Å². The van der Waals surface area contributed by atoms with Gasteiger partial charge in [-0.1, -0.05) is 12.1 Å². The van der Waals surface area contributed by atoms with Gasteiger partial charge in [-0.25, -0.2) is 9.97 Å². The summed E-state index contributed by atoms with van der Waals surface area (Å²) >= 11 is 0. The molecule has 0 fully saturated rings. The lowest BCUT2D eigenvalue weighted by Gasteiger charge is -1.98. The zero-order chi connectivity index (χ0) is 11.5. The first-order valence-electron chi connectivity index (χ1n) is 5.03. The summed E-state index contributed by atoms with van der Waals surface area (Å²) in [6, 6.07) is 0. The van der Waals surface area contributed by atoms with Crippen molar-refractivity contribution in [1.29, 1.82) is 0 Å². The first kappa shape index (κ1) is 10.7. The molecule has 0 aliphatic carbocycles. The van der Waals surface area contributed by atoms with Crippen molar-refractivity contribution < 1.29 is 4.52 Å². The molecule has 6 heteroatoms. The average molecular weight is 219 g/mol. The van der Waals surface area contributed by atoms with Gasteiger partial charge in [0.25, 0.3) is 0 Å². The van der Waals surface area contributed by atoms with Crippen molar-refractivity contribution >= 4 is 0 Å². The minimum absolute atomic E-state index is 0.0479. The normalized spacial score (nSPS) is 12.7. The Bertz CT molecular complexity index is 464. The van der Waals surface area contributed by atoms with E-state index >= 15 is 0 Å². The highest BCUT2D eigenvalue weighted by Crippen LogP contribution is 2.15. The Hall–Kier alpha value is -1.82. The van der Waals surface area contributed by atoms with Crippen molar-refractivity contribution in [3.8, 4) is 11.6 Å². The van der Waals surface area contributed by atoms with Gasteiger partial charge in [-0.3, -0.25) is 0 Å². The maximum Gasteiger partial charge on any atom is 0.240 e. The number of nitrogens with two attached hydrogens (primary N) is 1. The molecular formula is C10H13N5O. The molecule has 0 radical (unpaired) electrons. The zero-order valence-electron chi connectivity index (χ0n) is 9.21. The Morgan fingerprint density at radius 3 is 2.62 bits per heavy atom. The second-order valence-electron chi connectivity index (χ2n) is 3.68. The van der Waals surface area contributed by atoms with Gasteiger partial charge in [0.05, 0.1) is 0 Å².